The number of carbonyl (C=O) groups excluding carboxylic acids is 1. The maximum absolute atomic E-state index is 13.1. The highest BCUT2D eigenvalue weighted by Crippen LogP contribution is 2.27. The van der Waals surface area contributed by atoms with E-state index < -0.39 is 0 Å². The van der Waals surface area contributed by atoms with Crippen LogP contribution in [-0.2, 0) is 11.3 Å². The number of carbonyl (C=O) groups is 1. The zero-order valence-corrected chi connectivity index (χ0v) is 17.2. The molecule has 0 aliphatic carbocycles. The minimum absolute atomic E-state index is 0.198. The number of rotatable bonds is 8. The minimum Gasteiger partial charge on any atom is -0.493 e. The summed E-state index contributed by atoms with van der Waals surface area (Å²) in [6.45, 7) is 0.415. The lowest BCUT2D eigenvalue weighted by molar-refractivity contribution is -0.116. The highest BCUT2D eigenvalue weighted by molar-refractivity contribution is 5.91. The summed E-state index contributed by atoms with van der Waals surface area (Å²) >= 11 is 0. The van der Waals surface area contributed by atoms with Gasteiger partial charge < -0.3 is 14.8 Å². The van der Waals surface area contributed by atoms with Crippen molar-refractivity contribution in [2.75, 3.05) is 20.8 Å². The van der Waals surface area contributed by atoms with Crippen LogP contribution in [0, 0.1) is 5.82 Å². The summed E-state index contributed by atoms with van der Waals surface area (Å²) in [5.74, 6) is 0.514. The first-order valence-corrected chi connectivity index (χ1v) is 9.52. The van der Waals surface area contributed by atoms with Gasteiger partial charge in [-0.2, -0.15) is 5.10 Å². The number of nitrogens with one attached hydrogen (secondary N) is 1. The molecular weight excluding hydrogens is 401 g/mol. The van der Waals surface area contributed by atoms with Crippen LogP contribution >= 0.6 is 0 Å². The van der Waals surface area contributed by atoms with E-state index in [1.807, 2.05) is 0 Å². The van der Waals surface area contributed by atoms with Crippen molar-refractivity contribution in [1.29, 1.82) is 0 Å². The van der Waals surface area contributed by atoms with E-state index in [0.29, 0.717) is 22.8 Å². The van der Waals surface area contributed by atoms with Gasteiger partial charge in [0.05, 0.1) is 26.5 Å². The maximum atomic E-state index is 13.1. The molecule has 1 aromatic heterocycles. The van der Waals surface area contributed by atoms with E-state index in [0.717, 1.165) is 5.56 Å². The van der Waals surface area contributed by atoms with Gasteiger partial charge >= 0.3 is 0 Å². The van der Waals surface area contributed by atoms with Crippen molar-refractivity contribution in [2.45, 2.75) is 6.54 Å². The number of benzene rings is 2. The smallest absolute Gasteiger partial charge is 0.266 e. The Labute approximate surface area is 178 Å². The summed E-state index contributed by atoms with van der Waals surface area (Å²) < 4.78 is 24.8. The van der Waals surface area contributed by atoms with Gasteiger partial charge in [0.25, 0.3) is 5.56 Å². The van der Waals surface area contributed by atoms with E-state index in [2.05, 4.69) is 10.4 Å². The topological polar surface area (TPSA) is 82.5 Å². The molecule has 1 heterocycles. The lowest BCUT2D eigenvalue weighted by atomic mass is 10.1. The number of hydrogen-bond acceptors (Lipinski definition) is 5. The Morgan fingerprint density at radius 3 is 2.52 bits per heavy atom. The Hall–Kier alpha value is -3.94. The van der Waals surface area contributed by atoms with Gasteiger partial charge in [0, 0.05) is 24.3 Å². The molecule has 0 aliphatic heterocycles. The Kier molecular flexibility index (Phi) is 7.16. The second-order valence-electron chi connectivity index (χ2n) is 6.53. The van der Waals surface area contributed by atoms with Gasteiger partial charge in [-0.25, -0.2) is 9.07 Å². The van der Waals surface area contributed by atoms with E-state index >= 15 is 0 Å². The van der Waals surface area contributed by atoms with Crippen LogP contribution in [0.2, 0.25) is 0 Å². The molecule has 3 aromatic rings. The van der Waals surface area contributed by atoms with Crippen molar-refractivity contribution in [3.63, 3.8) is 0 Å². The zero-order chi connectivity index (χ0) is 22.2. The number of halogens is 1. The number of amides is 1. The molecule has 0 saturated carbocycles. The van der Waals surface area contributed by atoms with Gasteiger partial charge in [-0.15, -0.1) is 0 Å². The monoisotopic (exact) mass is 423 g/mol. The van der Waals surface area contributed by atoms with Crippen LogP contribution in [0.4, 0.5) is 4.39 Å². The molecule has 0 saturated heterocycles. The molecule has 0 spiro atoms. The SMILES string of the molecule is COc1ccc(/C=C/C(=O)NCCn2nc(-c3ccc(F)cc3)ccc2=O)cc1OC. The number of nitrogens with zero attached hydrogens (tertiary/aromatic N) is 2. The standard InChI is InChI=1S/C23H22FN3O4/c1-30-20-10-3-16(15-21(20)31-2)4-11-22(28)25-13-14-27-23(29)12-9-19(26-27)17-5-7-18(24)8-6-17/h3-12,15H,13-14H2,1-2H3,(H,25,28)/b11-4+. The molecule has 0 radical (unpaired) electrons. The van der Waals surface area contributed by atoms with Gasteiger partial charge in [0.15, 0.2) is 11.5 Å². The molecule has 1 N–H and O–H groups in total. The van der Waals surface area contributed by atoms with Crippen LogP contribution < -0.4 is 20.3 Å². The minimum atomic E-state index is -0.346. The Morgan fingerprint density at radius 1 is 1.06 bits per heavy atom. The van der Waals surface area contributed by atoms with Gasteiger partial charge in [-0.3, -0.25) is 9.59 Å². The van der Waals surface area contributed by atoms with Crippen LogP contribution in [0.1, 0.15) is 5.56 Å². The molecule has 8 heteroatoms. The van der Waals surface area contributed by atoms with Crippen LogP contribution in [0.15, 0.2) is 65.5 Å². The van der Waals surface area contributed by atoms with Crippen molar-refractivity contribution >= 4 is 12.0 Å². The van der Waals surface area contributed by atoms with Crippen LogP contribution in [-0.4, -0.2) is 36.5 Å². The summed E-state index contributed by atoms with van der Waals surface area (Å²) in [7, 11) is 3.09. The molecule has 0 fully saturated rings. The third-order valence-electron chi connectivity index (χ3n) is 4.46. The molecule has 31 heavy (non-hydrogen) atoms. The summed E-state index contributed by atoms with van der Waals surface area (Å²) in [6.07, 6.45) is 3.04. The summed E-state index contributed by atoms with van der Waals surface area (Å²) in [6, 6.07) is 14.1. The fourth-order valence-corrected chi connectivity index (χ4v) is 2.86. The van der Waals surface area contributed by atoms with E-state index in [-0.39, 0.29) is 30.4 Å². The first-order valence-electron chi connectivity index (χ1n) is 9.52. The third-order valence-corrected chi connectivity index (χ3v) is 4.46. The number of ether oxygens (including phenoxy) is 2. The van der Waals surface area contributed by atoms with E-state index in [4.69, 9.17) is 9.47 Å². The van der Waals surface area contributed by atoms with Gasteiger partial charge in [0.2, 0.25) is 5.91 Å². The highest BCUT2D eigenvalue weighted by atomic mass is 19.1. The lowest BCUT2D eigenvalue weighted by Crippen LogP contribution is -2.31. The second-order valence-corrected chi connectivity index (χ2v) is 6.53. The second kappa shape index (κ2) is 10.2. The van der Waals surface area contributed by atoms with Crippen molar-refractivity contribution in [3.8, 4) is 22.8 Å². The van der Waals surface area contributed by atoms with Gasteiger partial charge in [0.1, 0.15) is 5.82 Å². The number of hydrogen-bond donors (Lipinski definition) is 1. The van der Waals surface area contributed by atoms with E-state index in [1.165, 1.54) is 29.0 Å². The molecule has 0 atom stereocenters. The van der Waals surface area contributed by atoms with Gasteiger partial charge in [-0.1, -0.05) is 6.07 Å². The maximum Gasteiger partial charge on any atom is 0.266 e. The molecule has 0 unspecified atom stereocenters. The van der Waals surface area contributed by atoms with E-state index in [9.17, 15) is 14.0 Å². The zero-order valence-electron chi connectivity index (χ0n) is 17.2. The highest BCUT2D eigenvalue weighted by Gasteiger charge is 2.05. The molecule has 2 aromatic carbocycles. The average molecular weight is 423 g/mol. The van der Waals surface area contributed by atoms with Crippen LogP contribution in [0.3, 0.4) is 0 Å². The van der Waals surface area contributed by atoms with Gasteiger partial charge in [-0.05, 0) is 54.1 Å². The Morgan fingerprint density at radius 2 is 1.81 bits per heavy atom. The molecule has 3 rings (SSSR count). The predicted octanol–water partition coefficient (Wildman–Crippen LogP) is 2.90. The lowest BCUT2D eigenvalue weighted by Gasteiger charge is -2.08. The summed E-state index contributed by atoms with van der Waals surface area (Å²) in [4.78, 5) is 24.1. The van der Waals surface area contributed by atoms with Crippen molar-refractivity contribution in [1.82, 2.24) is 15.1 Å². The first kappa shape index (κ1) is 21.8. The molecule has 160 valence electrons. The van der Waals surface area contributed by atoms with Crippen LogP contribution in [0.5, 0.6) is 11.5 Å². The Bertz CT molecular complexity index is 1140. The summed E-state index contributed by atoms with van der Waals surface area (Å²) in [5, 5.41) is 7.00. The number of aromatic nitrogens is 2. The van der Waals surface area contributed by atoms with Crippen molar-refractivity contribution in [2.24, 2.45) is 0 Å². The normalized spacial score (nSPS) is 10.8. The molecule has 0 bridgehead atoms. The largest absolute Gasteiger partial charge is 0.493 e. The quantitative estimate of drug-likeness (QED) is 0.564. The molecule has 0 aliphatic rings. The first-order chi connectivity index (χ1) is 15.0. The molecule has 1 amide bonds. The molecular formula is C23H22FN3O4. The fraction of sp³-hybridized carbons (Fsp3) is 0.174. The van der Waals surface area contributed by atoms with Crippen molar-refractivity contribution < 1.29 is 18.7 Å². The van der Waals surface area contributed by atoms with E-state index in [1.54, 1.807) is 56.7 Å². The summed E-state index contributed by atoms with van der Waals surface area (Å²) in [5.41, 5.74) is 1.72. The fourth-order valence-electron chi connectivity index (χ4n) is 2.86. The molecule has 7 nitrogen and oxygen atoms in total. The predicted molar refractivity (Wildman–Crippen MR) is 115 cm³/mol. The Balaban J connectivity index is 1.59. The average Bonchev–Trinajstić information content (AvgIpc) is 2.79. The van der Waals surface area contributed by atoms with Crippen LogP contribution in [0.25, 0.3) is 17.3 Å². The third kappa shape index (κ3) is 5.79. The van der Waals surface area contributed by atoms with Crippen molar-refractivity contribution in [3.05, 3.63) is 82.4 Å². The number of methoxy groups -OCH3 is 2.